The van der Waals surface area contributed by atoms with E-state index in [0.717, 1.165) is 22.3 Å². The predicted molar refractivity (Wildman–Crippen MR) is 158 cm³/mol. The maximum Gasteiger partial charge on any atom is 0.457 e. The van der Waals surface area contributed by atoms with Crippen molar-refractivity contribution in [1.29, 1.82) is 0 Å². The molecule has 11 nitrogen and oxygen atoms in total. The van der Waals surface area contributed by atoms with E-state index < -0.39 is 22.8 Å². The first-order valence-electron chi connectivity index (χ1n) is 12.4. The van der Waals surface area contributed by atoms with E-state index >= 15 is 0 Å². The highest BCUT2D eigenvalue weighted by atomic mass is 31.3. The first-order chi connectivity index (χ1) is 19.3. The lowest BCUT2D eigenvalue weighted by Crippen LogP contribution is -2.35. The van der Waals surface area contributed by atoms with Gasteiger partial charge in [0, 0.05) is 36.3 Å². The van der Waals surface area contributed by atoms with E-state index in [1.807, 2.05) is 97.1 Å². The Hall–Kier alpha value is -3.39. The van der Waals surface area contributed by atoms with Gasteiger partial charge >= 0.3 is 15.3 Å². The fourth-order valence-corrected chi connectivity index (χ4v) is 15.1. The van der Waals surface area contributed by atoms with Crippen LogP contribution in [0.2, 0.25) is 0 Å². The predicted octanol–water partition coefficient (Wildman–Crippen LogP) is 7.73. The quantitative estimate of drug-likeness (QED) is 0.137. The van der Waals surface area contributed by atoms with Gasteiger partial charge in [-0.05, 0) is 24.3 Å². The van der Waals surface area contributed by atoms with Gasteiger partial charge < -0.3 is 18.1 Å². The van der Waals surface area contributed by atoms with Crippen molar-refractivity contribution >= 4 is 22.8 Å². The van der Waals surface area contributed by atoms with Crippen LogP contribution in [0.4, 0.5) is 0 Å². The Balaban J connectivity index is 1.58. The van der Waals surface area contributed by atoms with Gasteiger partial charge in [-0.2, -0.15) is 9.56 Å². The summed E-state index contributed by atoms with van der Waals surface area (Å²) in [6.07, 6.45) is 0. The minimum atomic E-state index is -3.64. The van der Waals surface area contributed by atoms with Gasteiger partial charge in [-0.3, -0.25) is 11.7 Å². The second kappa shape index (κ2) is 9.33. The number of nitrogens with zero attached hydrogens (tertiary/aromatic N) is 5. The Morgan fingerprint density at radius 3 is 1.10 bits per heavy atom. The van der Waals surface area contributed by atoms with Gasteiger partial charge in [0.1, 0.15) is 23.0 Å². The van der Waals surface area contributed by atoms with Crippen molar-refractivity contribution in [3.05, 3.63) is 97.1 Å². The molecule has 3 heterocycles. The molecule has 40 heavy (non-hydrogen) atoms. The number of hydrogen-bond donors (Lipinski definition) is 2. The number of hydrazine groups is 2. The molecule has 3 aliphatic rings. The zero-order valence-corrected chi connectivity index (χ0v) is 24.3. The van der Waals surface area contributed by atoms with Crippen LogP contribution in [-0.2, 0) is 0 Å². The molecule has 14 heteroatoms. The molecular formula is C26H26N7O4P3. The van der Waals surface area contributed by atoms with Crippen LogP contribution in [-0.4, -0.2) is 23.7 Å². The summed E-state index contributed by atoms with van der Waals surface area (Å²) in [6.45, 7) is 0. The molecule has 0 unspecified atom stereocenters. The maximum absolute atomic E-state index is 6.69. The highest BCUT2D eigenvalue weighted by Crippen LogP contribution is 2.80. The highest BCUT2D eigenvalue weighted by molar-refractivity contribution is 7.80. The van der Waals surface area contributed by atoms with Crippen molar-refractivity contribution in [2.24, 2.45) is 25.2 Å². The summed E-state index contributed by atoms with van der Waals surface area (Å²) >= 11 is 0. The largest absolute Gasteiger partial charge is 0.457 e. The number of hydrogen-bond acceptors (Lipinski definition) is 11. The number of nitrogens with two attached hydrogens (primary N) is 2. The molecule has 7 rings (SSSR count). The molecule has 0 amide bonds. The van der Waals surface area contributed by atoms with Gasteiger partial charge in [-0.1, -0.05) is 77.3 Å². The van der Waals surface area contributed by atoms with Crippen molar-refractivity contribution in [2.75, 3.05) is 14.1 Å². The third-order valence-corrected chi connectivity index (χ3v) is 15.5. The van der Waals surface area contributed by atoms with E-state index in [9.17, 15) is 0 Å². The Morgan fingerprint density at radius 2 is 0.775 bits per heavy atom. The zero-order valence-electron chi connectivity index (χ0n) is 21.6. The molecule has 0 atom stereocenters. The topological polar surface area (TPSA) is 133 Å². The standard InChI is InChI=1S/C26H26N7O4P3/c1-32(27)38(33(2)28)29-39(34-23-15-7-3-11-19(23)20-12-4-8-16-24(20)35-39)31-40(30-38)36-25-17-9-5-13-21(25)22-14-6-10-18-26(22)37-40/h3-18H,27-28H2,1-2H3. The van der Waals surface area contributed by atoms with Gasteiger partial charge in [-0.25, -0.2) is 0 Å². The summed E-state index contributed by atoms with van der Waals surface area (Å²) < 4.78 is 44.8. The molecule has 4 N–H and O–H groups in total. The Kier molecular flexibility index (Phi) is 5.97. The van der Waals surface area contributed by atoms with Crippen molar-refractivity contribution in [2.45, 2.75) is 0 Å². The Bertz CT molecular complexity index is 1630. The maximum atomic E-state index is 6.69. The second-order valence-corrected chi connectivity index (χ2v) is 16.5. The van der Waals surface area contributed by atoms with Crippen LogP contribution in [0.1, 0.15) is 0 Å². The third-order valence-electron chi connectivity index (χ3n) is 6.54. The Morgan fingerprint density at radius 1 is 0.475 bits per heavy atom. The number of fused-ring (bicyclic) bond motifs is 6. The normalized spacial score (nSPS) is 18.4. The van der Waals surface area contributed by atoms with Gasteiger partial charge in [0.05, 0.1) is 0 Å². The lowest BCUT2D eigenvalue weighted by molar-refractivity contribution is 0.451. The minimum absolute atomic E-state index is 0.557. The third kappa shape index (κ3) is 4.02. The van der Waals surface area contributed by atoms with Crippen LogP contribution in [0.3, 0.4) is 0 Å². The molecule has 0 aliphatic carbocycles. The molecule has 3 aliphatic heterocycles. The van der Waals surface area contributed by atoms with E-state index in [2.05, 4.69) is 0 Å². The van der Waals surface area contributed by atoms with Crippen molar-refractivity contribution < 1.29 is 18.1 Å². The molecule has 0 saturated heterocycles. The molecule has 204 valence electrons. The first-order valence-corrected chi connectivity index (χ1v) is 17.0. The van der Waals surface area contributed by atoms with E-state index in [-0.39, 0.29) is 0 Å². The number of rotatable bonds is 2. The smallest absolute Gasteiger partial charge is 0.413 e. The average molecular weight is 593 g/mol. The first kappa shape index (κ1) is 25.6. The van der Waals surface area contributed by atoms with Gasteiger partial charge in [-0.15, -0.1) is 9.03 Å². The summed E-state index contributed by atoms with van der Waals surface area (Å²) in [5.41, 5.74) is 3.39. The molecule has 0 bridgehead atoms. The minimum Gasteiger partial charge on any atom is -0.413 e. The molecule has 4 aromatic carbocycles. The number of para-hydroxylation sites is 4. The fraction of sp³-hybridized carbons (Fsp3) is 0.0769. The molecule has 0 fully saturated rings. The van der Waals surface area contributed by atoms with E-state index in [0.29, 0.717) is 23.0 Å². The van der Waals surface area contributed by atoms with Gasteiger partial charge in [0.15, 0.2) is 0 Å². The molecule has 0 radical (unpaired) electrons. The van der Waals surface area contributed by atoms with Gasteiger partial charge in [0.25, 0.3) is 7.51 Å². The molecular weight excluding hydrogens is 567 g/mol. The average Bonchev–Trinajstić information content (AvgIpc) is 3.15. The highest BCUT2D eigenvalue weighted by Gasteiger charge is 2.49. The second-order valence-electron chi connectivity index (χ2n) is 9.28. The molecule has 0 aromatic heterocycles. The lowest BCUT2D eigenvalue weighted by Gasteiger charge is -2.37. The summed E-state index contributed by atoms with van der Waals surface area (Å²) in [4.78, 5) is 0. The van der Waals surface area contributed by atoms with Crippen LogP contribution < -0.4 is 29.8 Å². The fourth-order valence-electron chi connectivity index (χ4n) is 4.75. The van der Waals surface area contributed by atoms with Crippen LogP contribution in [0.15, 0.2) is 111 Å². The van der Waals surface area contributed by atoms with E-state index in [4.69, 9.17) is 43.3 Å². The van der Waals surface area contributed by atoms with Crippen molar-refractivity contribution in [3.63, 3.8) is 0 Å². The molecule has 0 saturated carbocycles. The van der Waals surface area contributed by atoms with Crippen LogP contribution in [0.5, 0.6) is 23.0 Å². The van der Waals surface area contributed by atoms with Crippen LogP contribution in [0.25, 0.3) is 22.3 Å². The van der Waals surface area contributed by atoms with Crippen molar-refractivity contribution in [1.82, 2.24) is 9.56 Å². The van der Waals surface area contributed by atoms with Crippen molar-refractivity contribution in [3.8, 4) is 45.3 Å². The van der Waals surface area contributed by atoms with E-state index in [1.54, 1.807) is 14.1 Å². The monoisotopic (exact) mass is 593 g/mol. The number of benzene rings is 4. The Labute approximate surface area is 232 Å². The molecule has 4 aromatic rings. The summed E-state index contributed by atoms with van der Waals surface area (Å²) in [7, 11) is -7.28. The van der Waals surface area contributed by atoms with Crippen LogP contribution >= 0.6 is 22.8 Å². The zero-order chi connectivity index (χ0) is 27.5. The van der Waals surface area contributed by atoms with Crippen LogP contribution in [0, 0.1) is 0 Å². The summed E-state index contributed by atoms with van der Waals surface area (Å²) in [6, 6.07) is 30.7. The SMILES string of the molecule is CN(N)P1(N(C)N)=NP2(=NP3(=N1)Oc1ccccc1-c1ccccc1O3)Oc1ccccc1-c1ccccc1O2. The van der Waals surface area contributed by atoms with Gasteiger partial charge in [0.2, 0.25) is 0 Å². The summed E-state index contributed by atoms with van der Waals surface area (Å²) in [5, 5.41) is 0. The lowest BCUT2D eigenvalue weighted by atomic mass is 10.0. The van der Waals surface area contributed by atoms with E-state index in [1.165, 1.54) is 9.56 Å². The summed E-state index contributed by atoms with van der Waals surface area (Å²) in [5.74, 6) is 15.2. The molecule has 2 spiro atoms.